The average Bonchev–Trinajstić information content (AvgIpc) is 3.06. The smallest absolute Gasteiger partial charge is 0.137 e. The number of hydrogen-bond acceptors (Lipinski definition) is 4. The van der Waals surface area contributed by atoms with Gasteiger partial charge in [0.2, 0.25) is 0 Å². The van der Waals surface area contributed by atoms with E-state index < -0.39 is 0 Å². The van der Waals surface area contributed by atoms with E-state index in [0.29, 0.717) is 6.42 Å². The fourth-order valence-electron chi connectivity index (χ4n) is 3.02. The summed E-state index contributed by atoms with van der Waals surface area (Å²) in [6, 6.07) is 10.1. The molecule has 5 nitrogen and oxygen atoms in total. The van der Waals surface area contributed by atoms with Gasteiger partial charge in [0.1, 0.15) is 17.2 Å². The molecule has 0 aliphatic carbocycles. The molecule has 0 fully saturated rings. The highest BCUT2D eigenvalue weighted by Crippen LogP contribution is 2.20. The summed E-state index contributed by atoms with van der Waals surface area (Å²) in [5.74, 6) is 1.67. The molecule has 5 heteroatoms. The largest absolute Gasteiger partial charge is 0.497 e. The molecule has 0 amide bonds. The Bertz CT molecular complexity index is 1020. The number of nitrogens with zero attached hydrogens (tertiary/aromatic N) is 3. The van der Waals surface area contributed by atoms with Gasteiger partial charge in [-0.05, 0) is 47.4 Å². The molecule has 1 N–H and O–H groups in total. The van der Waals surface area contributed by atoms with Crippen LogP contribution in [0.5, 0.6) is 5.75 Å². The van der Waals surface area contributed by atoms with Gasteiger partial charge in [0.05, 0.1) is 7.11 Å². The van der Waals surface area contributed by atoms with Crippen molar-refractivity contribution in [1.29, 1.82) is 0 Å². The Kier molecular flexibility index (Phi) is 4.35. The van der Waals surface area contributed by atoms with Gasteiger partial charge in [-0.1, -0.05) is 12.1 Å². The molecule has 1 aromatic carbocycles. The van der Waals surface area contributed by atoms with E-state index in [2.05, 4.69) is 32.9 Å². The molecular weight excluding hydrogens is 324 g/mol. The van der Waals surface area contributed by atoms with Crippen molar-refractivity contribution in [3.8, 4) is 5.75 Å². The molecule has 3 heterocycles. The maximum Gasteiger partial charge on any atom is 0.137 e. The Hall–Kier alpha value is -3.21. The van der Waals surface area contributed by atoms with Gasteiger partial charge in [0.25, 0.3) is 0 Å². The molecule has 26 heavy (non-hydrogen) atoms. The van der Waals surface area contributed by atoms with Crippen LogP contribution in [0.3, 0.4) is 0 Å². The molecule has 130 valence electrons. The van der Waals surface area contributed by atoms with Crippen LogP contribution in [0.2, 0.25) is 0 Å². The third-order valence-electron chi connectivity index (χ3n) is 4.43. The Morgan fingerprint density at radius 2 is 1.69 bits per heavy atom. The van der Waals surface area contributed by atoms with Crippen LogP contribution in [-0.2, 0) is 12.8 Å². The van der Waals surface area contributed by atoms with E-state index in [9.17, 15) is 0 Å². The van der Waals surface area contributed by atoms with Crippen LogP contribution in [0.4, 0.5) is 0 Å². The predicted molar refractivity (Wildman–Crippen MR) is 101 cm³/mol. The number of H-pyrrole nitrogens is 1. The van der Waals surface area contributed by atoms with Gasteiger partial charge >= 0.3 is 0 Å². The number of hydrogen-bond donors (Lipinski definition) is 1. The van der Waals surface area contributed by atoms with Crippen LogP contribution in [-0.4, -0.2) is 27.0 Å². The molecule has 0 saturated heterocycles. The molecule has 0 atom stereocenters. The Balaban J connectivity index is 1.49. The van der Waals surface area contributed by atoms with Gasteiger partial charge in [-0.25, -0.2) is 15.0 Å². The molecule has 0 unspecified atom stereocenters. The first-order chi connectivity index (χ1) is 12.7. The number of aryl methyl sites for hydroxylation is 1. The Morgan fingerprint density at radius 1 is 0.923 bits per heavy atom. The highest BCUT2D eigenvalue weighted by Gasteiger charge is 2.07. The van der Waals surface area contributed by atoms with Crippen LogP contribution in [0, 0.1) is 6.92 Å². The fraction of sp³-hybridized carbons (Fsp3) is 0.190. The van der Waals surface area contributed by atoms with E-state index >= 15 is 0 Å². The molecule has 0 aliphatic heterocycles. The summed E-state index contributed by atoms with van der Waals surface area (Å²) < 4.78 is 5.18. The first-order valence-corrected chi connectivity index (χ1v) is 8.56. The first kappa shape index (κ1) is 16.3. The second-order valence-electron chi connectivity index (χ2n) is 6.43. The van der Waals surface area contributed by atoms with Crippen molar-refractivity contribution in [2.45, 2.75) is 19.8 Å². The molecule has 0 saturated carbocycles. The minimum Gasteiger partial charge on any atom is -0.497 e. The molecule has 4 rings (SSSR count). The minimum absolute atomic E-state index is 0.709. The van der Waals surface area contributed by atoms with E-state index in [-0.39, 0.29) is 0 Å². The molecule has 4 aromatic rings. The summed E-state index contributed by atoms with van der Waals surface area (Å²) in [7, 11) is 1.67. The van der Waals surface area contributed by atoms with Gasteiger partial charge < -0.3 is 9.72 Å². The van der Waals surface area contributed by atoms with Gasteiger partial charge in [-0.3, -0.25) is 0 Å². The third kappa shape index (κ3) is 3.42. The SMILES string of the molecule is COc1ccc(Cc2ncc(Cc3c[nH]c4ncc(C)cc34)cn2)cc1. The van der Waals surface area contributed by atoms with Crippen LogP contribution in [0.25, 0.3) is 11.0 Å². The molecule has 0 spiro atoms. The van der Waals surface area contributed by atoms with Crippen LogP contribution >= 0.6 is 0 Å². The third-order valence-corrected chi connectivity index (χ3v) is 4.43. The number of ether oxygens (including phenoxy) is 1. The maximum absolute atomic E-state index is 5.18. The van der Waals surface area contributed by atoms with Crippen molar-refractivity contribution in [2.75, 3.05) is 7.11 Å². The highest BCUT2D eigenvalue weighted by molar-refractivity contribution is 5.80. The monoisotopic (exact) mass is 344 g/mol. The lowest BCUT2D eigenvalue weighted by atomic mass is 10.1. The van der Waals surface area contributed by atoms with E-state index in [1.165, 1.54) is 5.56 Å². The van der Waals surface area contributed by atoms with Crippen molar-refractivity contribution >= 4 is 11.0 Å². The van der Waals surface area contributed by atoms with Crippen molar-refractivity contribution in [1.82, 2.24) is 19.9 Å². The Labute approximate surface area is 152 Å². The zero-order valence-electron chi connectivity index (χ0n) is 14.9. The second kappa shape index (κ2) is 6.96. The van der Waals surface area contributed by atoms with Crippen molar-refractivity contribution in [3.05, 3.63) is 83.2 Å². The van der Waals surface area contributed by atoms with Crippen molar-refractivity contribution in [3.63, 3.8) is 0 Å². The van der Waals surface area contributed by atoms with Crippen LogP contribution < -0.4 is 4.74 Å². The molecule has 0 aliphatic rings. The van der Waals surface area contributed by atoms with Gasteiger partial charge in [-0.2, -0.15) is 0 Å². The van der Waals surface area contributed by atoms with Crippen molar-refractivity contribution < 1.29 is 4.74 Å². The topological polar surface area (TPSA) is 63.7 Å². The lowest BCUT2D eigenvalue weighted by Crippen LogP contribution is -1.98. The van der Waals surface area contributed by atoms with E-state index in [1.807, 2.05) is 49.1 Å². The lowest BCUT2D eigenvalue weighted by molar-refractivity contribution is 0.414. The average molecular weight is 344 g/mol. The summed E-state index contributed by atoms with van der Waals surface area (Å²) in [6.07, 6.45) is 9.21. The quantitative estimate of drug-likeness (QED) is 0.597. The van der Waals surface area contributed by atoms with Gasteiger partial charge in [-0.15, -0.1) is 0 Å². The number of nitrogens with one attached hydrogen (secondary N) is 1. The number of pyridine rings is 1. The van der Waals surface area contributed by atoms with Crippen LogP contribution in [0.1, 0.15) is 28.1 Å². The maximum atomic E-state index is 5.18. The molecule has 0 radical (unpaired) electrons. The minimum atomic E-state index is 0.709. The summed E-state index contributed by atoms with van der Waals surface area (Å²) in [5.41, 5.74) is 5.54. The number of aromatic nitrogens is 4. The van der Waals surface area contributed by atoms with E-state index in [1.54, 1.807) is 7.11 Å². The number of benzene rings is 1. The number of aromatic amines is 1. The number of rotatable bonds is 5. The van der Waals surface area contributed by atoms with Gasteiger partial charge in [0.15, 0.2) is 0 Å². The summed E-state index contributed by atoms with van der Waals surface area (Å²) >= 11 is 0. The summed E-state index contributed by atoms with van der Waals surface area (Å²) in [6.45, 7) is 2.06. The normalized spacial score (nSPS) is 11.0. The zero-order chi connectivity index (χ0) is 17.9. The molecular formula is C21H20N4O. The predicted octanol–water partition coefficient (Wildman–Crippen LogP) is 3.85. The number of fused-ring (bicyclic) bond motifs is 1. The lowest BCUT2D eigenvalue weighted by Gasteiger charge is -2.04. The highest BCUT2D eigenvalue weighted by atomic mass is 16.5. The fourth-order valence-corrected chi connectivity index (χ4v) is 3.02. The molecule has 3 aromatic heterocycles. The molecule has 0 bridgehead atoms. The zero-order valence-corrected chi connectivity index (χ0v) is 14.9. The summed E-state index contributed by atoms with van der Waals surface area (Å²) in [5, 5.41) is 1.16. The van der Waals surface area contributed by atoms with E-state index in [4.69, 9.17) is 4.74 Å². The van der Waals surface area contributed by atoms with Crippen molar-refractivity contribution in [2.24, 2.45) is 0 Å². The number of methoxy groups -OCH3 is 1. The van der Waals surface area contributed by atoms with E-state index in [0.717, 1.165) is 45.7 Å². The second-order valence-corrected chi connectivity index (χ2v) is 6.43. The van der Waals surface area contributed by atoms with Gasteiger partial charge in [0, 0.05) is 43.0 Å². The van der Waals surface area contributed by atoms with Crippen LogP contribution in [0.15, 0.2) is 55.1 Å². The first-order valence-electron chi connectivity index (χ1n) is 8.56. The Morgan fingerprint density at radius 3 is 2.42 bits per heavy atom. The standard InChI is InChI=1S/C21H20N4O/c1-14-7-19-17(13-25-21(19)24-10-14)8-16-11-22-20(23-12-16)9-15-3-5-18(26-2)6-4-15/h3-7,10-13H,8-9H2,1-2H3,(H,24,25). The summed E-state index contributed by atoms with van der Waals surface area (Å²) in [4.78, 5) is 16.7.